The Labute approximate surface area is 211 Å². The first kappa shape index (κ1) is 28.5. The molecule has 0 bridgehead atoms. The van der Waals surface area contributed by atoms with E-state index in [0.29, 0.717) is 17.9 Å². The van der Waals surface area contributed by atoms with Gasteiger partial charge >= 0.3 is 6.18 Å². The van der Waals surface area contributed by atoms with Crippen molar-refractivity contribution in [3.63, 3.8) is 0 Å². The van der Waals surface area contributed by atoms with Crippen LogP contribution in [0.4, 0.5) is 22.0 Å². The normalized spacial score (nSPS) is 13.8. The minimum atomic E-state index is -4.95. The number of aliphatic hydroxyl groups excluding tert-OH is 1. The van der Waals surface area contributed by atoms with E-state index in [1.54, 1.807) is 24.3 Å². The molecule has 3 rings (SSSR count). The Balaban J connectivity index is 1.84. The van der Waals surface area contributed by atoms with E-state index in [4.69, 9.17) is 4.74 Å². The van der Waals surface area contributed by atoms with Crippen LogP contribution in [0.5, 0.6) is 5.75 Å². The summed E-state index contributed by atoms with van der Waals surface area (Å²) < 4.78 is 101. The van der Waals surface area contributed by atoms with E-state index in [1.165, 1.54) is 7.11 Å². The van der Waals surface area contributed by atoms with Gasteiger partial charge in [0.15, 0.2) is 0 Å². The van der Waals surface area contributed by atoms with Gasteiger partial charge in [-0.05, 0) is 53.9 Å². The van der Waals surface area contributed by atoms with E-state index in [9.17, 15) is 35.5 Å². The Morgan fingerprint density at radius 1 is 0.946 bits per heavy atom. The summed E-state index contributed by atoms with van der Waals surface area (Å²) in [5.74, 6) is -1.25. The molecule has 0 amide bonds. The molecule has 0 aliphatic heterocycles. The third kappa shape index (κ3) is 7.96. The molecule has 12 heteroatoms. The summed E-state index contributed by atoms with van der Waals surface area (Å²) in [5.41, 5.74) is -0.597. The second-order valence-electron chi connectivity index (χ2n) is 8.25. The van der Waals surface area contributed by atoms with Crippen LogP contribution < -0.4 is 14.8 Å². The first-order chi connectivity index (χ1) is 17.4. The minimum Gasteiger partial charge on any atom is -0.497 e. The molecule has 200 valence electrons. The number of hydrogen-bond acceptors (Lipinski definition) is 5. The number of benzene rings is 3. The van der Waals surface area contributed by atoms with Crippen molar-refractivity contribution in [3.05, 3.63) is 95.1 Å². The lowest BCUT2D eigenvalue weighted by Gasteiger charge is -2.25. The molecule has 3 aromatic rings. The second-order valence-corrected chi connectivity index (χ2v) is 9.94. The van der Waals surface area contributed by atoms with Crippen molar-refractivity contribution >= 4 is 10.0 Å². The van der Waals surface area contributed by atoms with Gasteiger partial charge in [0.1, 0.15) is 17.4 Å². The maximum atomic E-state index is 13.7. The van der Waals surface area contributed by atoms with E-state index in [1.807, 2.05) is 0 Å². The predicted octanol–water partition coefficient (Wildman–Crippen LogP) is 4.03. The first-order valence-electron chi connectivity index (χ1n) is 11.0. The van der Waals surface area contributed by atoms with Gasteiger partial charge in [-0.1, -0.05) is 24.3 Å². The molecule has 0 fully saturated rings. The fraction of sp³-hybridized carbons (Fsp3) is 0.280. The van der Waals surface area contributed by atoms with Crippen LogP contribution in [0.2, 0.25) is 0 Å². The molecule has 0 spiro atoms. The summed E-state index contributed by atoms with van der Waals surface area (Å²) in [4.78, 5) is -1.03. The molecule has 0 saturated carbocycles. The number of hydrogen-bond donors (Lipinski definition) is 3. The highest BCUT2D eigenvalue weighted by molar-refractivity contribution is 7.89. The van der Waals surface area contributed by atoms with Gasteiger partial charge in [0.05, 0.1) is 29.7 Å². The van der Waals surface area contributed by atoms with Gasteiger partial charge in [0, 0.05) is 19.2 Å². The standard InChI is InChI=1S/C25H25F5N2O4S/c1-36-20-6-4-5-16(11-20)14-31-15-23(33)22(12-17-9-18(26)13-19(27)10-17)32-37(34,35)24-8-3-2-7-21(24)25(28,29)30/h2-11,13,22-23,31-33H,12,14-15H2,1H3/t22-,23+/m1/s1. The van der Waals surface area contributed by atoms with Crippen molar-refractivity contribution in [2.24, 2.45) is 0 Å². The molecule has 3 aromatic carbocycles. The molecule has 0 saturated heterocycles. The van der Waals surface area contributed by atoms with Gasteiger partial charge in [-0.15, -0.1) is 0 Å². The van der Waals surface area contributed by atoms with Crippen LogP contribution in [0.1, 0.15) is 16.7 Å². The molecule has 2 atom stereocenters. The lowest BCUT2D eigenvalue weighted by Crippen LogP contribution is -2.48. The molecule has 0 heterocycles. The molecule has 0 radical (unpaired) electrons. The zero-order valence-electron chi connectivity index (χ0n) is 19.6. The molecule has 6 nitrogen and oxygen atoms in total. The average molecular weight is 545 g/mol. The fourth-order valence-corrected chi connectivity index (χ4v) is 5.22. The van der Waals surface area contributed by atoms with Crippen LogP contribution >= 0.6 is 0 Å². The molecule has 3 N–H and O–H groups in total. The third-order valence-corrected chi connectivity index (χ3v) is 7.00. The summed E-state index contributed by atoms with van der Waals surface area (Å²) in [5, 5.41) is 13.7. The zero-order valence-corrected chi connectivity index (χ0v) is 20.4. The number of ether oxygens (including phenoxy) is 1. The van der Waals surface area contributed by atoms with E-state index < -0.39 is 56.9 Å². The molecular formula is C25H25F5N2O4S. The van der Waals surface area contributed by atoms with Crippen molar-refractivity contribution in [1.29, 1.82) is 0 Å². The third-order valence-electron chi connectivity index (χ3n) is 5.45. The van der Waals surface area contributed by atoms with Crippen molar-refractivity contribution in [1.82, 2.24) is 10.0 Å². The van der Waals surface area contributed by atoms with Crippen molar-refractivity contribution in [2.75, 3.05) is 13.7 Å². The van der Waals surface area contributed by atoms with Gasteiger partial charge in [0.2, 0.25) is 10.0 Å². The Bertz CT molecular complexity index is 1300. The van der Waals surface area contributed by atoms with E-state index >= 15 is 0 Å². The van der Waals surface area contributed by atoms with Crippen LogP contribution in [0.3, 0.4) is 0 Å². The van der Waals surface area contributed by atoms with Crippen LogP contribution in [0, 0.1) is 11.6 Å². The summed E-state index contributed by atoms with van der Waals surface area (Å²) in [6.45, 7) is 0.0579. The fourth-order valence-electron chi connectivity index (χ4n) is 3.73. The Morgan fingerprint density at radius 2 is 1.62 bits per heavy atom. The highest BCUT2D eigenvalue weighted by atomic mass is 32.2. The topological polar surface area (TPSA) is 87.7 Å². The molecule has 37 heavy (non-hydrogen) atoms. The number of aliphatic hydroxyl groups is 1. The van der Waals surface area contributed by atoms with Crippen LogP contribution in [0.15, 0.2) is 71.6 Å². The molecule has 0 aliphatic rings. The monoisotopic (exact) mass is 544 g/mol. The van der Waals surface area contributed by atoms with Gasteiger partial charge in [-0.3, -0.25) is 0 Å². The van der Waals surface area contributed by atoms with Crippen LogP contribution in [0.25, 0.3) is 0 Å². The lowest BCUT2D eigenvalue weighted by molar-refractivity contribution is -0.139. The van der Waals surface area contributed by atoms with Gasteiger partial charge in [0.25, 0.3) is 0 Å². The molecule has 0 aliphatic carbocycles. The number of rotatable bonds is 11. The van der Waals surface area contributed by atoms with Crippen molar-refractivity contribution in [3.8, 4) is 5.75 Å². The van der Waals surface area contributed by atoms with E-state index in [-0.39, 0.29) is 18.7 Å². The number of sulfonamides is 1. The van der Waals surface area contributed by atoms with Crippen molar-refractivity contribution < 1.29 is 40.2 Å². The van der Waals surface area contributed by atoms with Gasteiger partial charge in [-0.25, -0.2) is 21.9 Å². The van der Waals surface area contributed by atoms with Gasteiger partial charge in [-0.2, -0.15) is 13.2 Å². The number of methoxy groups -OCH3 is 1. The quantitative estimate of drug-likeness (QED) is 0.318. The highest BCUT2D eigenvalue weighted by Crippen LogP contribution is 2.34. The minimum absolute atomic E-state index is 0.00107. The maximum Gasteiger partial charge on any atom is 0.417 e. The van der Waals surface area contributed by atoms with Gasteiger partial charge < -0.3 is 15.2 Å². The van der Waals surface area contributed by atoms with E-state index in [2.05, 4.69) is 10.0 Å². The summed E-state index contributed by atoms with van der Waals surface area (Å²) in [6.07, 6.45) is -6.84. The molecule has 0 aromatic heterocycles. The first-order valence-corrected chi connectivity index (χ1v) is 12.5. The Kier molecular flexibility index (Phi) is 9.24. The molecule has 0 unspecified atom stereocenters. The lowest BCUT2D eigenvalue weighted by atomic mass is 10.0. The Hall–Kier alpha value is -3.06. The highest BCUT2D eigenvalue weighted by Gasteiger charge is 2.38. The molecular weight excluding hydrogens is 519 g/mol. The van der Waals surface area contributed by atoms with Crippen LogP contribution in [-0.2, 0) is 29.2 Å². The smallest absolute Gasteiger partial charge is 0.417 e. The van der Waals surface area contributed by atoms with Crippen LogP contribution in [-0.4, -0.2) is 39.3 Å². The largest absolute Gasteiger partial charge is 0.497 e. The number of halogens is 5. The Morgan fingerprint density at radius 3 is 2.27 bits per heavy atom. The zero-order chi connectivity index (χ0) is 27.2. The summed E-state index contributed by atoms with van der Waals surface area (Å²) >= 11 is 0. The van der Waals surface area contributed by atoms with E-state index in [0.717, 1.165) is 35.9 Å². The predicted molar refractivity (Wildman–Crippen MR) is 126 cm³/mol. The average Bonchev–Trinajstić information content (AvgIpc) is 2.82. The summed E-state index contributed by atoms with van der Waals surface area (Å²) in [6, 6.07) is 11.7. The maximum absolute atomic E-state index is 13.7. The number of nitrogens with one attached hydrogen (secondary N) is 2. The second kappa shape index (κ2) is 12.0. The number of alkyl halides is 3. The SMILES string of the molecule is COc1cccc(CNC[C@H](O)[C@@H](Cc2cc(F)cc(F)c2)NS(=O)(=O)c2ccccc2C(F)(F)F)c1. The summed E-state index contributed by atoms with van der Waals surface area (Å²) in [7, 11) is -3.31. The van der Waals surface area contributed by atoms with Crippen molar-refractivity contribution in [2.45, 2.75) is 36.2 Å².